The highest BCUT2D eigenvalue weighted by molar-refractivity contribution is 7.14. The van der Waals surface area contributed by atoms with Crippen LogP contribution in [0.4, 0.5) is 10.8 Å². The number of nitro benzene ring substituents is 1. The fourth-order valence-corrected chi connectivity index (χ4v) is 3.63. The van der Waals surface area contributed by atoms with Crippen molar-refractivity contribution in [1.29, 1.82) is 0 Å². The first-order chi connectivity index (χ1) is 14.1. The number of nitrogens with zero attached hydrogens (tertiary/aromatic N) is 2. The molecule has 0 bridgehead atoms. The molecule has 4 rings (SSSR count). The van der Waals surface area contributed by atoms with E-state index in [1.54, 1.807) is 6.07 Å². The molecule has 0 saturated heterocycles. The molecule has 0 aliphatic rings. The number of benzene rings is 3. The van der Waals surface area contributed by atoms with Crippen LogP contribution in [0.3, 0.4) is 0 Å². The lowest BCUT2D eigenvalue weighted by Crippen LogP contribution is -2.13. The van der Waals surface area contributed by atoms with E-state index in [9.17, 15) is 14.9 Å². The van der Waals surface area contributed by atoms with Crippen molar-refractivity contribution in [3.8, 4) is 22.4 Å². The summed E-state index contributed by atoms with van der Waals surface area (Å²) in [7, 11) is 0. The van der Waals surface area contributed by atoms with Crippen LogP contribution in [-0.2, 0) is 0 Å². The third-order valence-electron chi connectivity index (χ3n) is 4.36. The predicted molar refractivity (Wildman–Crippen MR) is 114 cm³/mol. The molecule has 1 heterocycles. The molecule has 1 amide bonds. The molecule has 0 radical (unpaired) electrons. The van der Waals surface area contributed by atoms with Gasteiger partial charge in [0.2, 0.25) is 0 Å². The number of carbonyl (C=O) groups is 1. The molecule has 0 fully saturated rings. The van der Waals surface area contributed by atoms with Crippen LogP contribution in [0.2, 0.25) is 0 Å². The molecule has 6 nitrogen and oxygen atoms in total. The minimum absolute atomic E-state index is 0.00136. The molecule has 1 N–H and O–H groups in total. The zero-order valence-electron chi connectivity index (χ0n) is 15.1. The Kier molecular flexibility index (Phi) is 5.13. The number of nitro groups is 1. The number of carbonyl (C=O) groups excluding carboxylic acids is 1. The van der Waals surface area contributed by atoms with Crippen LogP contribution in [-0.4, -0.2) is 15.8 Å². The van der Waals surface area contributed by atoms with Gasteiger partial charge in [0.15, 0.2) is 5.13 Å². The number of hydrogen-bond donors (Lipinski definition) is 1. The first-order valence-electron chi connectivity index (χ1n) is 8.78. The molecule has 29 heavy (non-hydrogen) atoms. The summed E-state index contributed by atoms with van der Waals surface area (Å²) < 4.78 is 0. The topological polar surface area (TPSA) is 85.1 Å². The average molecular weight is 401 g/mol. The van der Waals surface area contributed by atoms with Crippen LogP contribution < -0.4 is 5.32 Å². The Bertz CT molecular complexity index is 1170. The standard InChI is InChI=1S/C22H15N3O3S/c26-21(18-8-4-5-9-20(18)25(27)28)24-22-23-19(14-29-22)17-12-10-16(11-13-17)15-6-2-1-3-7-15/h1-14H,(H,23,24,26). The number of thiazole rings is 1. The average Bonchev–Trinajstić information content (AvgIpc) is 3.23. The fraction of sp³-hybridized carbons (Fsp3) is 0. The first-order valence-corrected chi connectivity index (χ1v) is 9.66. The van der Waals surface area contributed by atoms with E-state index in [1.165, 1.54) is 29.5 Å². The van der Waals surface area contributed by atoms with E-state index in [4.69, 9.17) is 0 Å². The quantitative estimate of drug-likeness (QED) is 0.346. The van der Waals surface area contributed by atoms with Gasteiger partial charge in [0, 0.05) is 17.0 Å². The highest BCUT2D eigenvalue weighted by Gasteiger charge is 2.20. The van der Waals surface area contributed by atoms with Gasteiger partial charge in [0.05, 0.1) is 10.6 Å². The van der Waals surface area contributed by atoms with Crippen LogP contribution in [0.1, 0.15) is 10.4 Å². The van der Waals surface area contributed by atoms with Gasteiger partial charge in [-0.05, 0) is 17.2 Å². The lowest BCUT2D eigenvalue weighted by molar-refractivity contribution is -0.385. The number of anilines is 1. The van der Waals surface area contributed by atoms with Crippen LogP contribution in [0, 0.1) is 10.1 Å². The van der Waals surface area contributed by atoms with E-state index in [0.717, 1.165) is 22.4 Å². The van der Waals surface area contributed by atoms with Crippen molar-refractivity contribution < 1.29 is 9.72 Å². The smallest absolute Gasteiger partial charge is 0.282 e. The SMILES string of the molecule is O=C(Nc1nc(-c2ccc(-c3ccccc3)cc2)cs1)c1ccccc1[N+](=O)[O-]. The summed E-state index contributed by atoms with van der Waals surface area (Å²) in [5.41, 5.74) is 3.66. The summed E-state index contributed by atoms with van der Waals surface area (Å²) in [6.07, 6.45) is 0. The molecule has 3 aromatic carbocycles. The minimum Gasteiger partial charge on any atom is -0.298 e. The maximum atomic E-state index is 12.4. The summed E-state index contributed by atoms with van der Waals surface area (Å²) in [5, 5.41) is 16.0. The van der Waals surface area contributed by atoms with Crippen LogP contribution >= 0.6 is 11.3 Å². The van der Waals surface area contributed by atoms with Gasteiger partial charge in [-0.1, -0.05) is 66.7 Å². The number of amides is 1. The van der Waals surface area contributed by atoms with Crippen molar-refractivity contribution in [1.82, 2.24) is 4.98 Å². The summed E-state index contributed by atoms with van der Waals surface area (Å²) in [5.74, 6) is -0.558. The van der Waals surface area contributed by atoms with Crippen molar-refractivity contribution in [3.05, 3.63) is 99.9 Å². The Hall–Kier alpha value is -3.84. The van der Waals surface area contributed by atoms with Gasteiger partial charge in [-0.25, -0.2) is 4.98 Å². The third-order valence-corrected chi connectivity index (χ3v) is 5.12. The Morgan fingerprint density at radius 1 is 0.862 bits per heavy atom. The molecule has 142 valence electrons. The van der Waals surface area contributed by atoms with E-state index in [2.05, 4.69) is 10.3 Å². The van der Waals surface area contributed by atoms with Gasteiger partial charge in [-0.15, -0.1) is 11.3 Å². The molecular formula is C22H15N3O3S. The Balaban J connectivity index is 1.52. The summed E-state index contributed by atoms with van der Waals surface area (Å²) in [4.78, 5) is 27.4. The normalized spacial score (nSPS) is 10.5. The van der Waals surface area contributed by atoms with E-state index >= 15 is 0 Å². The van der Waals surface area contributed by atoms with Gasteiger partial charge in [-0.3, -0.25) is 20.2 Å². The van der Waals surface area contributed by atoms with Gasteiger partial charge in [-0.2, -0.15) is 0 Å². The number of nitrogens with one attached hydrogen (secondary N) is 1. The summed E-state index contributed by atoms with van der Waals surface area (Å²) in [6.45, 7) is 0. The molecule has 0 spiro atoms. The van der Waals surface area contributed by atoms with Gasteiger partial charge >= 0.3 is 0 Å². The molecule has 1 aromatic heterocycles. The largest absolute Gasteiger partial charge is 0.298 e. The second-order valence-electron chi connectivity index (χ2n) is 6.21. The van der Waals surface area contributed by atoms with Gasteiger partial charge in [0.1, 0.15) is 5.56 Å². The van der Waals surface area contributed by atoms with Crippen molar-refractivity contribution in [2.45, 2.75) is 0 Å². The number of rotatable bonds is 5. The van der Waals surface area contributed by atoms with Crippen molar-refractivity contribution in [2.75, 3.05) is 5.32 Å². The fourth-order valence-electron chi connectivity index (χ4n) is 2.92. The monoisotopic (exact) mass is 401 g/mol. The van der Waals surface area contributed by atoms with Crippen molar-refractivity contribution in [3.63, 3.8) is 0 Å². The molecule has 0 aliphatic heterocycles. The van der Waals surface area contributed by atoms with Crippen molar-refractivity contribution >= 4 is 28.1 Å². The molecular weight excluding hydrogens is 386 g/mol. The molecule has 0 saturated carbocycles. The second-order valence-corrected chi connectivity index (χ2v) is 7.07. The number of aromatic nitrogens is 1. The maximum Gasteiger partial charge on any atom is 0.282 e. The molecule has 0 atom stereocenters. The zero-order valence-corrected chi connectivity index (χ0v) is 15.9. The zero-order chi connectivity index (χ0) is 20.2. The van der Waals surface area contributed by atoms with Crippen LogP contribution in [0.25, 0.3) is 22.4 Å². The summed E-state index contributed by atoms with van der Waals surface area (Å²) >= 11 is 1.27. The predicted octanol–water partition coefficient (Wildman–Crippen LogP) is 5.64. The van der Waals surface area contributed by atoms with E-state index in [-0.39, 0.29) is 11.3 Å². The lowest BCUT2D eigenvalue weighted by Gasteiger charge is -2.03. The molecule has 0 aliphatic carbocycles. The third kappa shape index (κ3) is 4.04. The van der Waals surface area contributed by atoms with Crippen LogP contribution in [0.15, 0.2) is 84.2 Å². The van der Waals surface area contributed by atoms with Crippen molar-refractivity contribution in [2.24, 2.45) is 0 Å². The second kappa shape index (κ2) is 8.04. The molecule has 0 unspecified atom stereocenters. The van der Waals surface area contributed by atoms with E-state index < -0.39 is 10.8 Å². The molecule has 4 aromatic rings. The maximum absolute atomic E-state index is 12.4. The first kappa shape index (κ1) is 18.5. The lowest BCUT2D eigenvalue weighted by atomic mass is 10.0. The Labute approximate surface area is 170 Å². The molecule has 7 heteroatoms. The van der Waals surface area contributed by atoms with E-state index in [0.29, 0.717) is 5.13 Å². The van der Waals surface area contributed by atoms with E-state index in [1.807, 2.05) is 60.0 Å². The summed E-state index contributed by atoms with van der Waals surface area (Å²) in [6, 6.07) is 23.9. The Morgan fingerprint density at radius 2 is 1.48 bits per heavy atom. The highest BCUT2D eigenvalue weighted by Crippen LogP contribution is 2.28. The minimum atomic E-state index is -0.573. The van der Waals surface area contributed by atoms with Gasteiger partial charge in [0.25, 0.3) is 11.6 Å². The van der Waals surface area contributed by atoms with Crippen LogP contribution in [0.5, 0.6) is 0 Å². The van der Waals surface area contributed by atoms with Gasteiger partial charge < -0.3 is 0 Å². The number of hydrogen-bond acceptors (Lipinski definition) is 5. The Morgan fingerprint density at radius 3 is 2.21 bits per heavy atom. The number of para-hydroxylation sites is 1. The highest BCUT2D eigenvalue weighted by atomic mass is 32.1.